The highest BCUT2D eigenvalue weighted by molar-refractivity contribution is 7.80. The number of aromatic nitrogens is 1. The second-order valence-electron chi connectivity index (χ2n) is 6.88. The number of carbonyl (C=O) groups excluding carboxylic acids is 1. The summed E-state index contributed by atoms with van der Waals surface area (Å²) in [4.78, 5) is 19.9. The number of ether oxygens (including phenoxy) is 2. The third-order valence-corrected chi connectivity index (χ3v) is 6.20. The maximum atomic E-state index is 12.1. The van der Waals surface area contributed by atoms with Crippen LogP contribution in [0.5, 0.6) is 5.75 Å². The molecule has 7 nitrogen and oxygen atoms in total. The van der Waals surface area contributed by atoms with Gasteiger partial charge in [-0.05, 0) is 54.0 Å². The van der Waals surface area contributed by atoms with Gasteiger partial charge in [0.25, 0.3) is 0 Å². The Balaban J connectivity index is 1.75. The molecule has 1 amide bonds. The van der Waals surface area contributed by atoms with E-state index in [4.69, 9.17) is 21.7 Å². The van der Waals surface area contributed by atoms with E-state index in [1.165, 1.54) is 7.11 Å². The smallest absolute Gasteiger partial charge is 0.250 e. The van der Waals surface area contributed by atoms with Crippen LogP contribution in [0.1, 0.15) is 22.7 Å². The average molecular weight is 455 g/mol. The predicted octanol–water partition coefficient (Wildman–Crippen LogP) is 3.91. The first-order chi connectivity index (χ1) is 15.1. The lowest BCUT2D eigenvalue weighted by molar-refractivity contribution is -0.119. The molecule has 3 aromatic rings. The molecule has 1 aromatic carbocycles. The second-order valence-corrected chi connectivity index (χ2v) is 8.24. The normalized spacial score (nSPS) is 18.0. The number of hydrogen-bond acceptors (Lipinski definition) is 6. The number of pyridine rings is 1. The van der Waals surface area contributed by atoms with E-state index in [9.17, 15) is 4.79 Å². The molecule has 31 heavy (non-hydrogen) atoms. The topological polar surface area (TPSA) is 75.7 Å². The molecule has 0 aliphatic carbocycles. The van der Waals surface area contributed by atoms with E-state index >= 15 is 0 Å². The van der Waals surface area contributed by atoms with Crippen molar-refractivity contribution in [1.82, 2.24) is 10.3 Å². The average Bonchev–Trinajstić information content (AvgIpc) is 3.42. The van der Waals surface area contributed by atoms with Crippen LogP contribution in [-0.4, -0.2) is 36.8 Å². The van der Waals surface area contributed by atoms with Crippen LogP contribution in [0.4, 0.5) is 11.4 Å². The molecule has 2 N–H and O–H groups in total. The molecule has 160 valence electrons. The fourth-order valence-corrected chi connectivity index (χ4v) is 4.84. The van der Waals surface area contributed by atoms with E-state index in [0.717, 1.165) is 16.3 Å². The van der Waals surface area contributed by atoms with Crippen molar-refractivity contribution in [3.8, 4) is 5.75 Å². The van der Waals surface area contributed by atoms with Crippen LogP contribution in [-0.2, 0) is 9.53 Å². The highest BCUT2D eigenvalue weighted by Gasteiger charge is 2.41. The summed E-state index contributed by atoms with van der Waals surface area (Å²) in [6.45, 7) is -0.0450. The first kappa shape index (κ1) is 21.2. The maximum absolute atomic E-state index is 12.1. The minimum absolute atomic E-state index is 0.0450. The minimum Gasteiger partial charge on any atom is -0.495 e. The molecule has 0 bridgehead atoms. The predicted molar refractivity (Wildman–Crippen MR) is 126 cm³/mol. The number of rotatable bonds is 7. The second kappa shape index (κ2) is 9.42. The number of amides is 1. The molecule has 4 rings (SSSR count). The number of benzene rings is 1. The molecule has 1 aliphatic rings. The number of thiophene rings is 1. The van der Waals surface area contributed by atoms with Gasteiger partial charge in [0.15, 0.2) is 5.11 Å². The molecule has 3 heterocycles. The number of hydrogen-bond donors (Lipinski definition) is 2. The van der Waals surface area contributed by atoms with Gasteiger partial charge in [-0.3, -0.25) is 9.78 Å². The third-order valence-electron chi connectivity index (χ3n) is 4.94. The summed E-state index contributed by atoms with van der Waals surface area (Å²) in [5, 5.41) is 8.92. The van der Waals surface area contributed by atoms with Crippen molar-refractivity contribution < 1.29 is 14.3 Å². The van der Waals surface area contributed by atoms with Crippen molar-refractivity contribution >= 4 is 45.9 Å². The lowest BCUT2D eigenvalue weighted by Gasteiger charge is -2.27. The van der Waals surface area contributed by atoms with Crippen LogP contribution in [0, 0.1) is 0 Å². The number of nitrogens with zero attached hydrogens (tertiary/aromatic N) is 2. The first-order valence-corrected chi connectivity index (χ1v) is 10.9. The Morgan fingerprint density at radius 2 is 2.13 bits per heavy atom. The SMILES string of the molecule is COCC(=O)Nc1cc(N2C(=S)N[C@H](c3ccccn3)[C@H]2c2cccs2)ccc1OC. The van der Waals surface area contributed by atoms with Crippen LogP contribution in [0.15, 0.2) is 60.1 Å². The zero-order valence-electron chi connectivity index (χ0n) is 17.1. The van der Waals surface area contributed by atoms with Gasteiger partial charge in [-0.1, -0.05) is 12.1 Å². The van der Waals surface area contributed by atoms with E-state index in [2.05, 4.69) is 32.0 Å². The summed E-state index contributed by atoms with van der Waals surface area (Å²) >= 11 is 7.41. The maximum Gasteiger partial charge on any atom is 0.250 e. The quantitative estimate of drug-likeness (QED) is 0.524. The van der Waals surface area contributed by atoms with Crippen molar-refractivity contribution in [2.24, 2.45) is 0 Å². The zero-order valence-corrected chi connectivity index (χ0v) is 18.7. The Kier molecular flexibility index (Phi) is 6.45. The van der Waals surface area contributed by atoms with Crippen LogP contribution in [0.2, 0.25) is 0 Å². The van der Waals surface area contributed by atoms with Gasteiger partial charge in [0.05, 0.1) is 30.6 Å². The Morgan fingerprint density at radius 1 is 1.26 bits per heavy atom. The van der Waals surface area contributed by atoms with Crippen LogP contribution in [0.3, 0.4) is 0 Å². The molecule has 0 spiro atoms. The largest absolute Gasteiger partial charge is 0.495 e. The fraction of sp³-hybridized carbons (Fsp3) is 0.227. The van der Waals surface area contributed by atoms with Gasteiger partial charge in [0.1, 0.15) is 12.4 Å². The van der Waals surface area contributed by atoms with Crippen LogP contribution in [0.25, 0.3) is 0 Å². The molecule has 1 saturated heterocycles. The summed E-state index contributed by atoms with van der Waals surface area (Å²) in [5.74, 6) is 0.293. The van der Waals surface area contributed by atoms with E-state index in [0.29, 0.717) is 16.5 Å². The first-order valence-electron chi connectivity index (χ1n) is 9.63. The van der Waals surface area contributed by atoms with Crippen LogP contribution >= 0.6 is 23.6 Å². The zero-order chi connectivity index (χ0) is 21.8. The Hall–Kier alpha value is -3.01. The van der Waals surface area contributed by atoms with Crippen molar-refractivity contribution in [2.75, 3.05) is 31.0 Å². The minimum atomic E-state index is -0.263. The summed E-state index contributed by atoms with van der Waals surface area (Å²) in [6, 6.07) is 15.4. The molecule has 2 aromatic heterocycles. The van der Waals surface area contributed by atoms with Gasteiger partial charge in [-0.25, -0.2) is 0 Å². The molecule has 0 radical (unpaired) electrons. The molecule has 0 saturated carbocycles. The van der Waals surface area contributed by atoms with Crippen molar-refractivity contribution in [1.29, 1.82) is 0 Å². The van der Waals surface area contributed by atoms with E-state index in [1.54, 1.807) is 24.6 Å². The van der Waals surface area contributed by atoms with Gasteiger partial charge in [0.2, 0.25) is 5.91 Å². The molecule has 2 atom stereocenters. The molecular formula is C22H22N4O3S2. The number of nitrogens with one attached hydrogen (secondary N) is 2. The Labute approximate surface area is 190 Å². The van der Waals surface area contributed by atoms with E-state index < -0.39 is 0 Å². The van der Waals surface area contributed by atoms with Gasteiger partial charge in [-0.15, -0.1) is 11.3 Å². The lowest BCUT2D eigenvalue weighted by atomic mass is 10.0. The summed E-state index contributed by atoms with van der Waals surface area (Å²) in [5.41, 5.74) is 2.30. The monoisotopic (exact) mass is 454 g/mol. The van der Waals surface area contributed by atoms with Crippen molar-refractivity contribution in [2.45, 2.75) is 12.1 Å². The van der Waals surface area contributed by atoms with E-state index in [1.807, 2.05) is 42.5 Å². The molecule has 1 aliphatic heterocycles. The number of methoxy groups -OCH3 is 2. The van der Waals surface area contributed by atoms with Crippen molar-refractivity contribution in [3.63, 3.8) is 0 Å². The number of carbonyl (C=O) groups is 1. The fourth-order valence-electron chi connectivity index (χ4n) is 3.64. The number of anilines is 2. The summed E-state index contributed by atoms with van der Waals surface area (Å²) < 4.78 is 10.4. The summed E-state index contributed by atoms with van der Waals surface area (Å²) in [7, 11) is 3.04. The van der Waals surface area contributed by atoms with E-state index in [-0.39, 0.29) is 24.6 Å². The van der Waals surface area contributed by atoms with Gasteiger partial charge in [0, 0.05) is 23.9 Å². The molecule has 9 heteroatoms. The Bertz CT molecular complexity index is 1060. The van der Waals surface area contributed by atoms with Crippen LogP contribution < -0.4 is 20.3 Å². The van der Waals surface area contributed by atoms with Gasteiger partial charge in [-0.2, -0.15) is 0 Å². The standard InChI is InChI=1S/C22H22N4O3S2/c1-28-13-19(27)24-16-12-14(8-9-17(16)29-2)26-21(18-7-5-11-31-18)20(25-22(26)30)15-6-3-4-10-23-15/h3-12,20-21H,13H2,1-2H3,(H,24,27)(H,25,30)/t20-,21-/m1/s1. The molecule has 1 fully saturated rings. The summed E-state index contributed by atoms with van der Waals surface area (Å²) in [6.07, 6.45) is 1.78. The van der Waals surface area contributed by atoms with Gasteiger partial charge < -0.3 is 25.0 Å². The highest BCUT2D eigenvalue weighted by Crippen LogP contribution is 2.44. The molecule has 0 unspecified atom stereocenters. The molecular weight excluding hydrogens is 432 g/mol. The third kappa shape index (κ3) is 4.39. The number of thiocarbonyl (C=S) groups is 1. The Morgan fingerprint density at radius 3 is 2.81 bits per heavy atom. The van der Waals surface area contributed by atoms with Crippen molar-refractivity contribution in [3.05, 3.63) is 70.7 Å². The lowest BCUT2D eigenvalue weighted by Crippen LogP contribution is -2.29. The van der Waals surface area contributed by atoms with Gasteiger partial charge >= 0.3 is 0 Å². The highest BCUT2D eigenvalue weighted by atomic mass is 32.1.